The summed E-state index contributed by atoms with van der Waals surface area (Å²) in [6.45, 7) is 0. The SMILES string of the molecule is C[n+]1[c-]n(-c2cccc(Oc3ccc4c5cc(-n6c7ccccc7c7ccccc76)ccc5n(-c5cc(C(c6ccccc6)C6C7CC8CC(C7)CC6C8)ccn5)c4c3)c2)c2ccccc21. The molecular formula is C60H49N5O. The molecule has 4 fully saturated rings. The molecule has 7 aromatic carbocycles. The topological polar surface area (TPSA) is 40.8 Å². The third-order valence-corrected chi connectivity index (χ3v) is 15.8. The molecule has 15 rings (SSSR count). The van der Waals surface area contributed by atoms with Gasteiger partial charge in [-0.3, -0.25) is 4.57 Å². The van der Waals surface area contributed by atoms with Crippen LogP contribution in [0.2, 0.25) is 0 Å². The number of hydrogen-bond acceptors (Lipinski definition) is 2. The van der Waals surface area contributed by atoms with Crippen molar-refractivity contribution in [3.05, 3.63) is 200 Å². The van der Waals surface area contributed by atoms with E-state index in [9.17, 15) is 0 Å². The van der Waals surface area contributed by atoms with E-state index >= 15 is 0 Å². The van der Waals surface area contributed by atoms with Gasteiger partial charge in [0.05, 0.1) is 45.8 Å². The van der Waals surface area contributed by atoms with Crippen molar-refractivity contribution in [2.45, 2.75) is 38.0 Å². The Balaban J connectivity index is 0.934. The molecule has 0 aliphatic heterocycles. The number of pyridine rings is 1. The molecule has 1 atom stereocenters. The summed E-state index contributed by atoms with van der Waals surface area (Å²) < 4.78 is 15.7. The fourth-order valence-electron chi connectivity index (χ4n) is 13.4. The number of nitrogens with zero attached hydrogens (tertiary/aromatic N) is 5. The van der Waals surface area contributed by atoms with Crippen molar-refractivity contribution in [2.75, 3.05) is 0 Å². The number of hydrogen-bond donors (Lipinski definition) is 0. The highest BCUT2D eigenvalue weighted by molar-refractivity contribution is 6.12. The number of aromatic nitrogens is 5. The van der Waals surface area contributed by atoms with E-state index in [0.717, 1.165) is 79.8 Å². The Morgan fingerprint density at radius 2 is 1.18 bits per heavy atom. The fraction of sp³-hybridized carbons (Fsp3) is 0.200. The Hall–Kier alpha value is -7.44. The van der Waals surface area contributed by atoms with Gasteiger partial charge in [0.15, 0.2) is 0 Å². The Labute approximate surface area is 384 Å². The summed E-state index contributed by atoms with van der Waals surface area (Å²) >= 11 is 0. The van der Waals surface area contributed by atoms with Crippen LogP contribution in [-0.4, -0.2) is 18.7 Å². The molecule has 320 valence electrons. The second kappa shape index (κ2) is 14.8. The molecule has 0 amide bonds. The van der Waals surface area contributed by atoms with Gasteiger partial charge in [-0.15, -0.1) is 0 Å². The van der Waals surface area contributed by atoms with Crippen LogP contribution in [0.1, 0.15) is 49.1 Å². The summed E-state index contributed by atoms with van der Waals surface area (Å²) in [5.41, 5.74) is 11.7. The lowest BCUT2D eigenvalue weighted by molar-refractivity contribution is -0.649. The Morgan fingerprint density at radius 3 is 1.95 bits per heavy atom. The van der Waals surface area contributed by atoms with Crippen molar-refractivity contribution in [3.8, 4) is 28.7 Å². The van der Waals surface area contributed by atoms with Crippen LogP contribution in [0.5, 0.6) is 11.5 Å². The first kappa shape index (κ1) is 37.9. The van der Waals surface area contributed by atoms with Gasteiger partial charge in [0, 0.05) is 45.4 Å². The molecule has 66 heavy (non-hydrogen) atoms. The van der Waals surface area contributed by atoms with Crippen LogP contribution in [-0.2, 0) is 7.05 Å². The number of aryl methyl sites for hydroxylation is 1. The zero-order valence-electron chi connectivity index (χ0n) is 37.0. The van der Waals surface area contributed by atoms with Crippen molar-refractivity contribution in [3.63, 3.8) is 0 Å². The lowest BCUT2D eigenvalue weighted by atomic mass is 9.48. The van der Waals surface area contributed by atoms with Gasteiger partial charge >= 0.3 is 0 Å². The Morgan fingerprint density at radius 1 is 0.515 bits per heavy atom. The number of para-hydroxylation sites is 4. The minimum Gasteiger partial charge on any atom is -0.458 e. The maximum Gasteiger partial charge on any atom is 0.244 e. The maximum atomic E-state index is 6.82. The fourth-order valence-corrected chi connectivity index (χ4v) is 13.4. The third-order valence-electron chi connectivity index (χ3n) is 15.8. The van der Waals surface area contributed by atoms with Crippen LogP contribution in [0.25, 0.3) is 71.8 Å². The summed E-state index contributed by atoms with van der Waals surface area (Å²) in [6.07, 6.45) is 12.6. The average molecular weight is 856 g/mol. The van der Waals surface area contributed by atoms with E-state index in [4.69, 9.17) is 9.72 Å². The smallest absolute Gasteiger partial charge is 0.244 e. The zero-order chi connectivity index (χ0) is 43.5. The van der Waals surface area contributed by atoms with E-state index in [1.807, 2.05) is 17.7 Å². The molecule has 4 saturated carbocycles. The van der Waals surface area contributed by atoms with Crippen LogP contribution in [0.4, 0.5) is 0 Å². The molecule has 4 aliphatic rings. The van der Waals surface area contributed by atoms with E-state index in [1.54, 1.807) is 0 Å². The predicted octanol–water partition coefficient (Wildman–Crippen LogP) is 13.8. The molecule has 0 spiro atoms. The summed E-state index contributed by atoms with van der Waals surface area (Å²) in [5, 5.41) is 4.84. The first-order valence-corrected chi connectivity index (χ1v) is 23.8. The summed E-state index contributed by atoms with van der Waals surface area (Å²) in [5.74, 6) is 6.84. The lowest BCUT2D eigenvalue weighted by Crippen LogP contribution is -2.47. The zero-order valence-corrected chi connectivity index (χ0v) is 37.0. The van der Waals surface area contributed by atoms with Gasteiger partial charge in [-0.1, -0.05) is 103 Å². The number of fused-ring (bicyclic) bond motifs is 7. The van der Waals surface area contributed by atoms with Crippen molar-refractivity contribution >= 4 is 54.6 Å². The number of ether oxygens (including phenoxy) is 1. The number of imidazole rings is 1. The lowest BCUT2D eigenvalue weighted by Gasteiger charge is -2.56. The van der Waals surface area contributed by atoms with Crippen LogP contribution in [0.3, 0.4) is 0 Å². The highest BCUT2D eigenvalue weighted by Gasteiger charge is 2.51. The van der Waals surface area contributed by atoms with Crippen LogP contribution in [0, 0.1) is 35.9 Å². The van der Waals surface area contributed by atoms with E-state index in [0.29, 0.717) is 11.8 Å². The van der Waals surface area contributed by atoms with Gasteiger partial charge in [0.1, 0.15) is 17.3 Å². The van der Waals surface area contributed by atoms with E-state index < -0.39 is 0 Å². The van der Waals surface area contributed by atoms with Crippen LogP contribution < -0.4 is 9.30 Å². The van der Waals surface area contributed by atoms with Crippen molar-refractivity contribution < 1.29 is 9.30 Å². The molecule has 11 aromatic rings. The second-order valence-electron chi connectivity index (χ2n) is 19.5. The summed E-state index contributed by atoms with van der Waals surface area (Å²) in [6, 6.07) is 63.8. The Bertz CT molecular complexity index is 3610. The molecule has 0 radical (unpaired) electrons. The minimum atomic E-state index is 0.320. The van der Waals surface area contributed by atoms with Crippen LogP contribution in [0.15, 0.2) is 182 Å². The largest absolute Gasteiger partial charge is 0.458 e. The molecule has 4 bridgehead atoms. The maximum absolute atomic E-state index is 6.82. The van der Waals surface area contributed by atoms with Gasteiger partial charge < -0.3 is 18.4 Å². The van der Waals surface area contributed by atoms with Gasteiger partial charge in [-0.2, -0.15) is 0 Å². The Kier molecular flexibility index (Phi) is 8.49. The van der Waals surface area contributed by atoms with Gasteiger partial charge in [-0.05, 0) is 140 Å². The molecule has 4 aromatic heterocycles. The predicted molar refractivity (Wildman–Crippen MR) is 265 cm³/mol. The molecule has 6 nitrogen and oxygen atoms in total. The van der Waals surface area contributed by atoms with Gasteiger partial charge in [0.2, 0.25) is 6.33 Å². The van der Waals surface area contributed by atoms with Crippen LogP contribution >= 0.6 is 0 Å². The van der Waals surface area contributed by atoms with Crippen molar-refractivity contribution in [2.24, 2.45) is 36.6 Å². The highest BCUT2D eigenvalue weighted by Crippen LogP contribution is 2.61. The van der Waals surface area contributed by atoms with E-state index in [1.165, 1.54) is 70.4 Å². The average Bonchev–Trinajstić information content (AvgIpc) is 3.99. The molecule has 6 heteroatoms. The number of benzene rings is 7. The normalized spacial score (nSPS) is 20.6. The highest BCUT2D eigenvalue weighted by atomic mass is 16.5. The third kappa shape index (κ3) is 5.93. The van der Waals surface area contributed by atoms with E-state index in [-0.39, 0.29) is 0 Å². The standard InChI is InChI=1S/C60H49N5O/c1-62-37-63(56-21-10-9-20-55(56)62)44-14-11-15-46(34-44)66-47-23-24-50-51-35-45(64-52-18-7-5-16-48(52)49-17-6-8-19-53(49)64)22-25-54(51)65(57(50)36-47)58-33-41(26-27-61-58)59(40-12-3-2-4-13-40)60-42-29-38-28-39(31-42)32-43(60)30-38/h2-27,33-36,38-39,42-43,59-60H,28-32H2,1H3. The van der Waals surface area contributed by atoms with Crippen molar-refractivity contribution in [1.82, 2.24) is 18.7 Å². The molecule has 1 unspecified atom stereocenters. The second-order valence-corrected chi connectivity index (χ2v) is 19.5. The number of rotatable bonds is 8. The van der Waals surface area contributed by atoms with Gasteiger partial charge in [-0.25, -0.2) is 4.98 Å². The molecule has 0 saturated heterocycles. The quantitative estimate of drug-likeness (QED) is 0.113. The van der Waals surface area contributed by atoms with Gasteiger partial charge in [0.25, 0.3) is 0 Å². The molecule has 4 aliphatic carbocycles. The van der Waals surface area contributed by atoms with Crippen molar-refractivity contribution in [1.29, 1.82) is 0 Å². The summed E-state index contributed by atoms with van der Waals surface area (Å²) in [4.78, 5) is 5.24. The minimum absolute atomic E-state index is 0.320. The summed E-state index contributed by atoms with van der Waals surface area (Å²) in [7, 11) is 2.04. The molecule has 0 N–H and O–H groups in total. The molecule has 4 heterocycles. The first-order valence-electron chi connectivity index (χ1n) is 23.8. The molecular weight excluding hydrogens is 807 g/mol. The van der Waals surface area contributed by atoms with E-state index in [2.05, 4.69) is 196 Å². The first-order chi connectivity index (χ1) is 32.6. The monoisotopic (exact) mass is 855 g/mol.